The normalized spacial score (nSPS) is 11.2. The third kappa shape index (κ3) is 18.4. The van der Waals surface area contributed by atoms with Crippen molar-refractivity contribution in [3.8, 4) is 0 Å². The van der Waals surface area contributed by atoms with Crippen molar-refractivity contribution in [1.82, 2.24) is 0 Å². The zero-order valence-electron chi connectivity index (χ0n) is 15.2. The summed E-state index contributed by atoms with van der Waals surface area (Å²) in [5.74, 6) is -0.326. The molecule has 0 saturated heterocycles. The molecule has 0 aliphatic heterocycles. The Labute approximate surface area is 133 Å². The molecule has 6 heteroatoms. The second-order valence-corrected chi connectivity index (χ2v) is 6.98. The lowest BCUT2D eigenvalue weighted by molar-refractivity contribution is -0.313. The van der Waals surface area contributed by atoms with E-state index in [1.165, 1.54) is 0 Å². The van der Waals surface area contributed by atoms with Gasteiger partial charge in [-0.05, 0) is 62.3 Å². The molecule has 0 aromatic rings. The Morgan fingerprint density at radius 2 is 1.41 bits per heavy atom. The number of rotatable bonds is 3. The zero-order valence-corrected chi connectivity index (χ0v) is 15.2. The average Bonchev–Trinajstić information content (AvgIpc) is 2.23. The highest BCUT2D eigenvalue weighted by molar-refractivity contribution is 5.87. The third-order valence-electron chi connectivity index (χ3n) is 1.44. The van der Waals surface area contributed by atoms with E-state index in [9.17, 15) is 9.59 Å². The molecule has 0 saturated carbocycles. The van der Waals surface area contributed by atoms with Gasteiger partial charge in [0.05, 0.1) is 6.10 Å². The van der Waals surface area contributed by atoms with Gasteiger partial charge in [0.2, 0.25) is 0 Å². The Hall–Kier alpha value is -1.56. The lowest BCUT2D eigenvalue weighted by atomic mass is 10.2. The van der Waals surface area contributed by atoms with Gasteiger partial charge in [-0.3, -0.25) is 4.89 Å². The lowest BCUT2D eigenvalue weighted by Crippen LogP contribution is -2.23. The molecule has 0 fully saturated rings. The highest BCUT2D eigenvalue weighted by atomic mass is 17.2. The summed E-state index contributed by atoms with van der Waals surface area (Å²) in [6, 6.07) is 0. The van der Waals surface area contributed by atoms with Crippen molar-refractivity contribution in [2.75, 3.05) is 0 Å². The Bertz CT molecular complexity index is 371. The van der Waals surface area contributed by atoms with E-state index in [1.54, 1.807) is 41.5 Å². The minimum absolute atomic E-state index is 0.193. The first-order valence-corrected chi connectivity index (χ1v) is 7.09. The van der Waals surface area contributed by atoms with E-state index in [-0.39, 0.29) is 12.1 Å². The zero-order chi connectivity index (χ0) is 18.1. The first-order chi connectivity index (χ1) is 9.64. The highest BCUT2D eigenvalue weighted by Gasteiger charge is 2.17. The van der Waals surface area contributed by atoms with E-state index in [0.717, 1.165) is 0 Å². The maximum Gasteiger partial charge on any atom is 0.540 e. The number of hydrogen-bond acceptors (Lipinski definition) is 6. The molecule has 0 aliphatic rings. The fourth-order valence-electron chi connectivity index (χ4n) is 0.736. The Balaban J connectivity index is 0. The molecule has 0 aromatic heterocycles. The summed E-state index contributed by atoms with van der Waals surface area (Å²) in [5, 5.41) is 0. The highest BCUT2D eigenvalue weighted by Crippen LogP contribution is 2.09. The summed E-state index contributed by atoms with van der Waals surface area (Å²) >= 11 is 0. The van der Waals surface area contributed by atoms with Crippen molar-refractivity contribution in [3.63, 3.8) is 0 Å². The number of ether oxygens (including phenoxy) is 2. The Morgan fingerprint density at radius 3 is 1.64 bits per heavy atom. The molecule has 0 aliphatic carbocycles. The van der Waals surface area contributed by atoms with E-state index in [0.29, 0.717) is 5.57 Å². The van der Waals surface area contributed by atoms with Crippen LogP contribution in [0.3, 0.4) is 0 Å². The number of hydrogen-bond donors (Lipinski definition) is 0. The minimum Gasteiger partial charge on any atom is -0.457 e. The number of carbonyl (C=O) groups is 2. The van der Waals surface area contributed by atoms with Gasteiger partial charge in [0.25, 0.3) is 0 Å². The maximum absolute atomic E-state index is 10.8. The van der Waals surface area contributed by atoms with Gasteiger partial charge in [-0.1, -0.05) is 6.58 Å². The summed E-state index contributed by atoms with van der Waals surface area (Å²) in [7, 11) is 0. The van der Waals surface area contributed by atoms with E-state index < -0.39 is 17.4 Å². The van der Waals surface area contributed by atoms with Gasteiger partial charge < -0.3 is 9.47 Å². The van der Waals surface area contributed by atoms with Crippen molar-refractivity contribution < 1.29 is 28.8 Å². The third-order valence-corrected chi connectivity index (χ3v) is 1.44. The quantitative estimate of drug-likeness (QED) is 0.336. The lowest BCUT2D eigenvalue weighted by Gasteiger charge is -2.19. The molecular weight excluding hydrogens is 288 g/mol. The molecule has 0 radical (unpaired) electrons. The first-order valence-electron chi connectivity index (χ1n) is 7.09. The van der Waals surface area contributed by atoms with Crippen LogP contribution in [0.5, 0.6) is 0 Å². The summed E-state index contributed by atoms with van der Waals surface area (Å²) < 4.78 is 9.62. The van der Waals surface area contributed by atoms with Gasteiger partial charge in [0.15, 0.2) is 0 Å². The molecule has 0 atom stereocenters. The fourth-order valence-corrected chi connectivity index (χ4v) is 0.736. The van der Waals surface area contributed by atoms with Crippen LogP contribution < -0.4 is 0 Å². The van der Waals surface area contributed by atoms with Crippen LogP contribution in [-0.4, -0.2) is 29.4 Å². The molecule has 0 N–H and O–H groups in total. The molecule has 0 spiro atoms. The molecule has 0 rings (SSSR count). The van der Waals surface area contributed by atoms with E-state index in [1.807, 2.05) is 20.8 Å². The van der Waals surface area contributed by atoms with Gasteiger partial charge in [-0.2, -0.15) is 4.89 Å². The molecule has 0 unspecified atom stereocenters. The molecule has 22 heavy (non-hydrogen) atoms. The number of esters is 1. The minimum atomic E-state index is -0.806. The van der Waals surface area contributed by atoms with Gasteiger partial charge >= 0.3 is 12.1 Å². The van der Waals surface area contributed by atoms with E-state index in [4.69, 9.17) is 9.62 Å². The summed E-state index contributed by atoms with van der Waals surface area (Å²) in [5.41, 5.74) is -0.471. The fraction of sp³-hybridized carbons (Fsp3) is 0.750. The second kappa shape index (κ2) is 9.46. The summed E-state index contributed by atoms with van der Waals surface area (Å²) in [6.45, 7) is 19.4. The van der Waals surface area contributed by atoms with E-state index in [2.05, 4.69) is 16.2 Å². The average molecular weight is 318 g/mol. The van der Waals surface area contributed by atoms with Crippen LogP contribution in [-0.2, 0) is 24.0 Å². The van der Waals surface area contributed by atoms with Crippen LogP contribution >= 0.6 is 0 Å². The summed E-state index contributed by atoms with van der Waals surface area (Å²) in [6.07, 6.45) is -0.999. The molecule has 0 amide bonds. The number of carbonyl (C=O) groups excluding carboxylic acids is 2. The summed E-state index contributed by atoms with van der Waals surface area (Å²) in [4.78, 5) is 30.6. The van der Waals surface area contributed by atoms with Crippen molar-refractivity contribution in [3.05, 3.63) is 12.2 Å². The van der Waals surface area contributed by atoms with Crippen molar-refractivity contribution in [1.29, 1.82) is 0 Å². The molecular formula is C16H30O6. The predicted molar refractivity (Wildman–Crippen MR) is 84.2 cm³/mol. The van der Waals surface area contributed by atoms with E-state index >= 15 is 0 Å². The van der Waals surface area contributed by atoms with Crippen LogP contribution in [0.25, 0.3) is 0 Å². The van der Waals surface area contributed by atoms with Crippen LogP contribution in [0.4, 0.5) is 4.79 Å². The Kier molecular flexibility index (Phi) is 9.76. The van der Waals surface area contributed by atoms with Crippen LogP contribution in [0.1, 0.15) is 62.3 Å². The largest absolute Gasteiger partial charge is 0.540 e. The smallest absolute Gasteiger partial charge is 0.457 e. The van der Waals surface area contributed by atoms with Crippen molar-refractivity contribution >= 4 is 12.1 Å². The topological polar surface area (TPSA) is 71.1 Å². The van der Waals surface area contributed by atoms with Crippen molar-refractivity contribution in [2.45, 2.75) is 79.6 Å². The van der Waals surface area contributed by atoms with Crippen molar-refractivity contribution in [2.24, 2.45) is 0 Å². The molecule has 0 aromatic carbocycles. The van der Waals surface area contributed by atoms with Gasteiger partial charge in [0.1, 0.15) is 11.2 Å². The van der Waals surface area contributed by atoms with Gasteiger partial charge in [-0.15, -0.1) is 0 Å². The monoisotopic (exact) mass is 318 g/mol. The second-order valence-electron chi connectivity index (χ2n) is 6.98. The first kappa shape index (κ1) is 22.7. The molecule has 6 nitrogen and oxygen atoms in total. The van der Waals surface area contributed by atoms with Crippen LogP contribution in [0, 0.1) is 0 Å². The van der Waals surface area contributed by atoms with Gasteiger partial charge in [-0.25, -0.2) is 9.59 Å². The standard InChI is InChI=1S/C8H16O4.C8H14O2/c1-6(2)10-7(9)11-12-8(3,4)5;1-6(2)7(9)10-8(3,4)5/h6H,1-5H3;1H2,2-5H3. The van der Waals surface area contributed by atoms with Gasteiger partial charge in [0, 0.05) is 5.57 Å². The van der Waals surface area contributed by atoms with Crippen LogP contribution in [0.15, 0.2) is 12.2 Å². The molecule has 0 heterocycles. The Morgan fingerprint density at radius 1 is 0.955 bits per heavy atom. The van der Waals surface area contributed by atoms with Crippen LogP contribution in [0.2, 0.25) is 0 Å². The molecule has 0 bridgehead atoms. The maximum atomic E-state index is 10.8. The predicted octanol–water partition coefficient (Wildman–Crippen LogP) is 4.18. The molecule has 130 valence electrons. The SMILES string of the molecule is C=C(C)C(=O)OC(C)(C)C.CC(C)OC(=O)OOC(C)(C)C.